The lowest BCUT2D eigenvalue weighted by Crippen LogP contribution is -2.30. The average Bonchev–Trinajstić information content (AvgIpc) is 2.51. The summed E-state index contributed by atoms with van der Waals surface area (Å²) < 4.78 is 0. The Morgan fingerprint density at radius 1 is 1.42 bits per heavy atom. The standard InChI is InChI=1S/C10H15NS/c1-2-4-11-5-3-9-7-12-8-10(9)6-11/h7-8H,2-6H2,1H3. The maximum absolute atomic E-state index is 2.55. The van der Waals surface area contributed by atoms with Gasteiger partial charge in [0.2, 0.25) is 0 Å². The molecule has 1 aromatic heterocycles. The van der Waals surface area contributed by atoms with Gasteiger partial charge in [-0.15, -0.1) is 0 Å². The molecule has 0 atom stereocenters. The minimum Gasteiger partial charge on any atom is -0.299 e. The molecule has 0 aromatic carbocycles. The van der Waals surface area contributed by atoms with Crippen LogP contribution in [0.4, 0.5) is 0 Å². The van der Waals surface area contributed by atoms with Crippen LogP contribution in [0.3, 0.4) is 0 Å². The molecule has 1 aliphatic heterocycles. The van der Waals surface area contributed by atoms with E-state index >= 15 is 0 Å². The van der Waals surface area contributed by atoms with Gasteiger partial charge in [-0.25, -0.2) is 0 Å². The zero-order chi connectivity index (χ0) is 8.39. The monoisotopic (exact) mass is 181 g/mol. The first-order chi connectivity index (χ1) is 5.90. The largest absolute Gasteiger partial charge is 0.299 e. The van der Waals surface area contributed by atoms with Crippen molar-refractivity contribution in [2.45, 2.75) is 26.3 Å². The molecule has 2 heterocycles. The third-order valence-corrected chi connectivity index (χ3v) is 3.31. The van der Waals surface area contributed by atoms with E-state index in [4.69, 9.17) is 0 Å². The molecule has 2 rings (SSSR count). The molecule has 0 saturated carbocycles. The molecule has 0 amide bonds. The summed E-state index contributed by atoms with van der Waals surface area (Å²) in [6.45, 7) is 5.96. The maximum Gasteiger partial charge on any atom is 0.0244 e. The van der Waals surface area contributed by atoms with E-state index < -0.39 is 0 Å². The van der Waals surface area contributed by atoms with Crippen LogP contribution < -0.4 is 0 Å². The zero-order valence-corrected chi connectivity index (χ0v) is 8.36. The van der Waals surface area contributed by atoms with Crippen molar-refractivity contribution >= 4 is 11.3 Å². The van der Waals surface area contributed by atoms with E-state index in [1.54, 1.807) is 11.1 Å². The smallest absolute Gasteiger partial charge is 0.0244 e. The second-order valence-electron chi connectivity index (χ2n) is 3.45. The molecule has 0 N–H and O–H groups in total. The highest BCUT2D eigenvalue weighted by atomic mass is 32.1. The van der Waals surface area contributed by atoms with Gasteiger partial charge in [0.05, 0.1) is 0 Å². The van der Waals surface area contributed by atoms with Crippen LogP contribution in [-0.4, -0.2) is 18.0 Å². The molecule has 0 spiro atoms. The third kappa shape index (κ3) is 1.54. The van der Waals surface area contributed by atoms with E-state index in [0.717, 1.165) is 0 Å². The molecule has 0 radical (unpaired) electrons. The molecule has 1 aliphatic rings. The predicted octanol–water partition coefficient (Wildman–Crippen LogP) is 2.52. The lowest BCUT2D eigenvalue weighted by molar-refractivity contribution is 0.255. The summed E-state index contributed by atoms with van der Waals surface area (Å²) in [6, 6.07) is 0. The first kappa shape index (κ1) is 8.27. The van der Waals surface area contributed by atoms with Crippen molar-refractivity contribution in [3.05, 3.63) is 21.9 Å². The zero-order valence-electron chi connectivity index (χ0n) is 7.55. The molecule has 12 heavy (non-hydrogen) atoms. The Kier molecular flexibility index (Phi) is 2.47. The lowest BCUT2D eigenvalue weighted by Gasteiger charge is -2.26. The van der Waals surface area contributed by atoms with Crippen molar-refractivity contribution in [2.24, 2.45) is 0 Å². The van der Waals surface area contributed by atoms with E-state index in [9.17, 15) is 0 Å². The second-order valence-corrected chi connectivity index (χ2v) is 4.19. The summed E-state index contributed by atoms with van der Waals surface area (Å²) in [5, 5.41) is 4.61. The Bertz CT molecular complexity index is 254. The SMILES string of the molecule is CCCN1CCc2cscc2C1. The summed E-state index contributed by atoms with van der Waals surface area (Å²) in [4.78, 5) is 2.55. The molecule has 0 saturated heterocycles. The summed E-state index contributed by atoms with van der Waals surface area (Å²) in [6.07, 6.45) is 2.54. The predicted molar refractivity (Wildman–Crippen MR) is 53.6 cm³/mol. The van der Waals surface area contributed by atoms with Gasteiger partial charge in [-0.3, -0.25) is 4.90 Å². The van der Waals surface area contributed by atoms with Gasteiger partial charge in [0.15, 0.2) is 0 Å². The van der Waals surface area contributed by atoms with Crippen LogP contribution in [0.1, 0.15) is 24.5 Å². The fraction of sp³-hybridized carbons (Fsp3) is 0.600. The third-order valence-electron chi connectivity index (χ3n) is 2.46. The van der Waals surface area contributed by atoms with Crippen molar-refractivity contribution in [3.63, 3.8) is 0 Å². The van der Waals surface area contributed by atoms with Crippen LogP contribution in [0.5, 0.6) is 0 Å². The maximum atomic E-state index is 2.55. The van der Waals surface area contributed by atoms with E-state index in [1.165, 1.54) is 32.5 Å². The van der Waals surface area contributed by atoms with Crippen LogP contribution in [0.25, 0.3) is 0 Å². The van der Waals surface area contributed by atoms with Crippen LogP contribution in [-0.2, 0) is 13.0 Å². The summed E-state index contributed by atoms with van der Waals surface area (Å²) in [5.41, 5.74) is 3.16. The molecule has 1 aromatic rings. The second kappa shape index (κ2) is 3.58. The topological polar surface area (TPSA) is 3.24 Å². The molecule has 1 nitrogen and oxygen atoms in total. The van der Waals surface area contributed by atoms with Crippen molar-refractivity contribution < 1.29 is 0 Å². The van der Waals surface area contributed by atoms with Crippen molar-refractivity contribution in [1.82, 2.24) is 4.90 Å². The number of nitrogens with zero attached hydrogens (tertiary/aromatic N) is 1. The average molecular weight is 181 g/mol. The molecular formula is C10H15NS. The highest BCUT2D eigenvalue weighted by molar-refractivity contribution is 7.08. The van der Waals surface area contributed by atoms with Gasteiger partial charge >= 0.3 is 0 Å². The highest BCUT2D eigenvalue weighted by Gasteiger charge is 2.15. The van der Waals surface area contributed by atoms with Gasteiger partial charge in [-0.1, -0.05) is 6.92 Å². The number of thiophene rings is 1. The van der Waals surface area contributed by atoms with Crippen LogP contribution in [0, 0.1) is 0 Å². The van der Waals surface area contributed by atoms with E-state index in [0.29, 0.717) is 0 Å². The minimum absolute atomic E-state index is 1.19. The molecule has 0 bridgehead atoms. The quantitative estimate of drug-likeness (QED) is 0.677. The minimum atomic E-state index is 1.19. The first-order valence-electron chi connectivity index (χ1n) is 4.66. The van der Waals surface area contributed by atoms with Crippen LogP contribution in [0.15, 0.2) is 10.8 Å². The van der Waals surface area contributed by atoms with Gasteiger partial charge in [0.25, 0.3) is 0 Å². The van der Waals surface area contributed by atoms with E-state index in [1.807, 2.05) is 11.3 Å². The number of hydrogen-bond donors (Lipinski definition) is 0. The van der Waals surface area contributed by atoms with Crippen LogP contribution >= 0.6 is 11.3 Å². The van der Waals surface area contributed by atoms with Crippen LogP contribution in [0.2, 0.25) is 0 Å². The molecule has 66 valence electrons. The van der Waals surface area contributed by atoms with E-state index in [2.05, 4.69) is 22.6 Å². The first-order valence-corrected chi connectivity index (χ1v) is 5.60. The molecular weight excluding hydrogens is 166 g/mol. The fourth-order valence-corrected chi connectivity index (χ4v) is 2.71. The van der Waals surface area contributed by atoms with Gasteiger partial charge in [0, 0.05) is 13.1 Å². The Morgan fingerprint density at radius 2 is 2.25 bits per heavy atom. The molecule has 0 aliphatic carbocycles. The summed E-state index contributed by atoms with van der Waals surface area (Å²) in [5.74, 6) is 0. The van der Waals surface area contributed by atoms with Gasteiger partial charge in [0.1, 0.15) is 0 Å². The number of rotatable bonds is 2. The van der Waals surface area contributed by atoms with Gasteiger partial charge in [-0.05, 0) is 41.3 Å². The lowest BCUT2D eigenvalue weighted by atomic mass is 10.1. The van der Waals surface area contributed by atoms with Gasteiger partial charge in [-0.2, -0.15) is 11.3 Å². The normalized spacial score (nSPS) is 17.8. The van der Waals surface area contributed by atoms with Gasteiger partial charge < -0.3 is 0 Å². The fourth-order valence-electron chi connectivity index (χ4n) is 1.81. The van der Waals surface area contributed by atoms with Crippen molar-refractivity contribution in [2.75, 3.05) is 13.1 Å². The Labute approximate surface area is 78.0 Å². The molecule has 0 fully saturated rings. The Morgan fingerprint density at radius 3 is 3.08 bits per heavy atom. The Balaban J connectivity index is 2.05. The molecule has 0 unspecified atom stereocenters. The number of fused-ring (bicyclic) bond motifs is 1. The summed E-state index contributed by atoms with van der Waals surface area (Å²) in [7, 11) is 0. The summed E-state index contributed by atoms with van der Waals surface area (Å²) >= 11 is 1.85. The highest BCUT2D eigenvalue weighted by Crippen LogP contribution is 2.22. The van der Waals surface area contributed by atoms with Crippen molar-refractivity contribution in [1.29, 1.82) is 0 Å². The van der Waals surface area contributed by atoms with E-state index in [-0.39, 0.29) is 0 Å². The molecule has 2 heteroatoms. The van der Waals surface area contributed by atoms with Crippen molar-refractivity contribution in [3.8, 4) is 0 Å². The Hall–Kier alpha value is -0.340. The number of hydrogen-bond acceptors (Lipinski definition) is 2.